The molecule has 0 saturated carbocycles. The molecule has 2 fully saturated rings. The number of nitrogens with one attached hydrogen (secondary N) is 1. The number of ether oxygens (including phenoxy) is 1. The summed E-state index contributed by atoms with van der Waals surface area (Å²) in [7, 11) is -3.24. The van der Waals surface area contributed by atoms with Crippen LogP contribution < -0.4 is 10.1 Å². The van der Waals surface area contributed by atoms with Crippen molar-refractivity contribution >= 4 is 33.0 Å². The molecule has 4 atom stereocenters. The van der Waals surface area contributed by atoms with E-state index in [2.05, 4.69) is 10.2 Å². The first-order valence-electron chi connectivity index (χ1n) is 10.2. The van der Waals surface area contributed by atoms with Gasteiger partial charge < -0.3 is 10.1 Å². The zero-order valence-corrected chi connectivity index (χ0v) is 19.0. The second-order valence-electron chi connectivity index (χ2n) is 8.64. The zero-order valence-electron chi connectivity index (χ0n) is 16.6. The largest absolute Gasteiger partial charge is 0.484 e. The summed E-state index contributed by atoms with van der Waals surface area (Å²) in [6, 6.07) is 10.6. The average molecular weight is 467 g/mol. The highest BCUT2D eigenvalue weighted by molar-refractivity contribution is 7.90. The van der Waals surface area contributed by atoms with E-state index in [-0.39, 0.29) is 17.0 Å². The summed E-state index contributed by atoms with van der Waals surface area (Å²) in [4.78, 5) is 2.82. The molecule has 2 aromatic carbocycles. The van der Waals surface area contributed by atoms with Gasteiger partial charge in [-0.2, -0.15) is 0 Å². The SMILES string of the molecule is CS(=O)(=O)c1ccc(O[C@@H]2c3cc(Cl)cc(Cl)c3C[C@@H]2N2CC3CNCC3C2)cc1. The number of likely N-dealkylation sites (tertiary alicyclic amines) is 1. The first kappa shape index (κ1) is 20.6. The fourth-order valence-electron chi connectivity index (χ4n) is 5.15. The third-order valence-corrected chi connectivity index (χ3v) is 8.35. The number of hydrogen-bond acceptors (Lipinski definition) is 5. The molecule has 0 aromatic heterocycles. The van der Waals surface area contributed by atoms with E-state index in [9.17, 15) is 8.42 Å². The molecule has 30 heavy (non-hydrogen) atoms. The molecular weight excluding hydrogens is 443 g/mol. The number of fused-ring (bicyclic) bond motifs is 2. The second-order valence-corrected chi connectivity index (χ2v) is 11.5. The van der Waals surface area contributed by atoms with Crippen molar-refractivity contribution in [3.8, 4) is 5.75 Å². The molecule has 0 amide bonds. The van der Waals surface area contributed by atoms with Crippen molar-refractivity contribution in [2.45, 2.75) is 23.5 Å². The molecule has 1 N–H and O–H groups in total. The van der Waals surface area contributed by atoms with Gasteiger partial charge >= 0.3 is 0 Å². The Labute approximate surface area is 187 Å². The van der Waals surface area contributed by atoms with Crippen molar-refractivity contribution < 1.29 is 13.2 Å². The Morgan fingerprint density at radius 1 is 1.07 bits per heavy atom. The van der Waals surface area contributed by atoms with Crippen molar-refractivity contribution in [3.05, 3.63) is 57.6 Å². The number of nitrogens with zero attached hydrogens (tertiary/aromatic N) is 1. The lowest BCUT2D eigenvalue weighted by molar-refractivity contribution is 0.0890. The van der Waals surface area contributed by atoms with Crippen LogP contribution in [0.3, 0.4) is 0 Å². The van der Waals surface area contributed by atoms with Crippen LogP contribution in [-0.4, -0.2) is 51.8 Å². The zero-order chi connectivity index (χ0) is 21.0. The van der Waals surface area contributed by atoms with Crippen LogP contribution in [0.5, 0.6) is 5.75 Å². The number of hydrogen-bond donors (Lipinski definition) is 1. The van der Waals surface area contributed by atoms with Gasteiger partial charge in [-0.05, 0) is 73.3 Å². The van der Waals surface area contributed by atoms with E-state index in [1.165, 1.54) is 6.26 Å². The molecule has 3 aliphatic rings. The smallest absolute Gasteiger partial charge is 0.175 e. The summed E-state index contributed by atoms with van der Waals surface area (Å²) in [5, 5.41) is 4.77. The maximum absolute atomic E-state index is 11.8. The fraction of sp³-hybridized carbons (Fsp3) is 0.455. The fourth-order valence-corrected chi connectivity index (χ4v) is 6.37. The van der Waals surface area contributed by atoms with Crippen molar-refractivity contribution in [1.29, 1.82) is 0 Å². The Balaban J connectivity index is 1.46. The van der Waals surface area contributed by atoms with Crippen LogP contribution >= 0.6 is 23.2 Å². The quantitative estimate of drug-likeness (QED) is 0.745. The van der Waals surface area contributed by atoms with Gasteiger partial charge in [0.05, 0.1) is 10.9 Å². The molecule has 5 nitrogen and oxygen atoms in total. The molecule has 0 radical (unpaired) electrons. The van der Waals surface area contributed by atoms with Gasteiger partial charge in [0.2, 0.25) is 0 Å². The molecule has 0 bridgehead atoms. The van der Waals surface area contributed by atoms with E-state index in [1.807, 2.05) is 6.07 Å². The third kappa shape index (κ3) is 3.73. The van der Waals surface area contributed by atoms with Gasteiger partial charge in [-0.15, -0.1) is 0 Å². The maximum atomic E-state index is 11.8. The molecule has 8 heteroatoms. The Morgan fingerprint density at radius 3 is 2.37 bits per heavy atom. The Bertz CT molecular complexity index is 1060. The van der Waals surface area contributed by atoms with Crippen molar-refractivity contribution in [1.82, 2.24) is 10.2 Å². The van der Waals surface area contributed by atoms with Gasteiger partial charge in [0.1, 0.15) is 11.9 Å². The maximum Gasteiger partial charge on any atom is 0.175 e. The summed E-state index contributed by atoms with van der Waals surface area (Å²) in [6.45, 7) is 4.25. The van der Waals surface area contributed by atoms with Crippen LogP contribution in [0.1, 0.15) is 17.2 Å². The van der Waals surface area contributed by atoms with Gasteiger partial charge in [0.15, 0.2) is 9.84 Å². The minimum absolute atomic E-state index is 0.177. The predicted octanol–water partition coefficient (Wildman–Crippen LogP) is 3.59. The van der Waals surface area contributed by atoms with Crippen molar-refractivity contribution in [2.75, 3.05) is 32.4 Å². The van der Waals surface area contributed by atoms with Crippen LogP contribution in [0.15, 0.2) is 41.3 Å². The van der Waals surface area contributed by atoms with E-state index >= 15 is 0 Å². The average Bonchev–Trinajstić information content (AvgIpc) is 3.35. The molecule has 160 valence electrons. The Morgan fingerprint density at radius 2 is 1.73 bits per heavy atom. The summed E-state index contributed by atoms with van der Waals surface area (Å²) in [5.41, 5.74) is 2.12. The van der Waals surface area contributed by atoms with Gasteiger partial charge in [0, 0.05) is 35.0 Å². The number of rotatable bonds is 4. The molecule has 2 heterocycles. The summed E-state index contributed by atoms with van der Waals surface area (Å²) < 4.78 is 30.0. The van der Waals surface area contributed by atoms with E-state index in [1.54, 1.807) is 30.3 Å². The molecule has 0 spiro atoms. The molecule has 2 aliphatic heterocycles. The highest BCUT2D eigenvalue weighted by Gasteiger charge is 2.45. The van der Waals surface area contributed by atoms with E-state index in [0.717, 1.165) is 43.7 Å². The number of halogens is 2. The summed E-state index contributed by atoms with van der Waals surface area (Å²) in [6.07, 6.45) is 1.83. The summed E-state index contributed by atoms with van der Waals surface area (Å²) in [5.74, 6) is 2.01. The van der Waals surface area contributed by atoms with Crippen molar-refractivity contribution in [3.63, 3.8) is 0 Å². The minimum atomic E-state index is -3.24. The van der Waals surface area contributed by atoms with Crippen LogP contribution in [-0.2, 0) is 16.3 Å². The Hall–Kier alpha value is -1.31. The lowest BCUT2D eigenvalue weighted by Gasteiger charge is -2.31. The number of benzene rings is 2. The predicted molar refractivity (Wildman–Crippen MR) is 118 cm³/mol. The van der Waals surface area contributed by atoms with Crippen LogP contribution in [0.2, 0.25) is 10.0 Å². The van der Waals surface area contributed by atoms with Crippen LogP contribution in [0.4, 0.5) is 0 Å². The van der Waals surface area contributed by atoms with E-state index in [0.29, 0.717) is 27.6 Å². The lowest BCUT2D eigenvalue weighted by atomic mass is 10.0. The summed E-state index contributed by atoms with van der Waals surface area (Å²) >= 11 is 12.9. The number of sulfone groups is 1. The monoisotopic (exact) mass is 466 g/mol. The standard InChI is InChI=1S/C22H24Cl2N2O3S/c1-30(27,28)17-4-2-16(3-5-17)29-22-19-6-15(23)7-20(24)18(19)8-21(22)26-11-13-9-25-10-14(13)12-26/h2-7,13-14,21-22,25H,8-12H2,1H3/t13?,14?,21-,22+/m0/s1. The van der Waals surface area contributed by atoms with Gasteiger partial charge in [-0.25, -0.2) is 8.42 Å². The lowest BCUT2D eigenvalue weighted by Crippen LogP contribution is -2.40. The van der Waals surface area contributed by atoms with E-state index in [4.69, 9.17) is 27.9 Å². The molecule has 2 saturated heterocycles. The molecule has 2 unspecified atom stereocenters. The van der Waals surface area contributed by atoms with Crippen LogP contribution in [0, 0.1) is 11.8 Å². The molecule has 2 aromatic rings. The molecular formula is C22H24Cl2N2O3S. The minimum Gasteiger partial charge on any atom is -0.484 e. The van der Waals surface area contributed by atoms with E-state index < -0.39 is 9.84 Å². The van der Waals surface area contributed by atoms with Gasteiger partial charge in [0.25, 0.3) is 0 Å². The van der Waals surface area contributed by atoms with Gasteiger partial charge in [-0.1, -0.05) is 23.2 Å². The normalized spacial score (nSPS) is 28.5. The van der Waals surface area contributed by atoms with Gasteiger partial charge in [-0.3, -0.25) is 4.90 Å². The molecule has 5 rings (SSSR count). The van der Waals surface area contributed by atoms with Crippen molar-refractivity contribution in [2.24, 2.45) is 11.8 Å². The first-order chi connectivity index (χ1) is 14.3. The first-order valence-corrected chi connectivity index (χ1v) is 12.8. The highest BCUT2D eigenvalue weighted by Crippen LogP contribution is 2.44. The Kier molecular flexibility index (Phi) is 5.27. The highest BCUT2D eigenvalue weighted by atomic mass is 35.5. The molecule has 1 aliphatic carbocycles. The third-order valence-electron chi connectivity index (χ3n) is 6.67. The topological polar surface area (TPSA) is 58.6 Å². The second kappa shape index (κ2) is 7.68. The van der Waals surface area contributed by atoms with Crippen LogP contribution in [0.25, 0.3) is 0 Å².